The lowest BCUT2D eigenvalue weighted by molar-refractivity contribution is -0.155. The Morgan fingerprint density at radius 1 is 1.21 bits per heavy atom. The zero-order valence-electron chi connectivity index (χ0n) is 10.9. The Kier molecular flexibility index (Phi) is 5.59. The van der Waals surface area contributed by atoms with Crippen molar-refractivity contribution in [3.8, 4) is 5.75 Å². The molecule has 0 aliphatic rings. The zero-order chi connectivity index (χ0) is 14.4. The number of hydrogen-bond donors (Lipinski definition) is 0. The first-order valence-electron chi connectivity index (χ1n) is 5.49. The Balaban J connectivity index is 2.93. The first-order chi connectivity index (χ1) is 9.04. The quantitative estimate of drug-likeness (QED) is 0.428. The van der Waals surface area contributed by atoms with Crippen LogP contribution in [-0.4, -0.2) is 39.2 Å². The number of ether oxygens (including phenoxy) is 3. The van der Waals surface area contributed by atoms with Crippen LogP contribution in [-0.2, 0) is 14.3 Å². The molecule has 0 saturated heterocycles. The molecule has 0 fully saturated rings. The Hall–Kier alpha value is -1.79. The number of methoxy groups -OCH3 is 3. The molecular formula is C13H15FO5. The minimum atomic E-state index is -1.14. The van der Waals surface area contributed by atoms with Gasteiger partial charge in [-0.2, -0.15) is 0 Å². The standard InChI is InChI=1S/C13H15FO5/c1-17-11-6-4-5-8(14)12(11)9(15)7-10(16)13(18-2)19-3/h4-6,13H,7H2,1-3H3. The highest BCUT2D eigenvalue weighted by atomic mass is 19.1. The molecule has 0 atom stereocenters. The van der Waals surface area contributed by atoms with Crippen LogP contribution < -0.4 is 4.74 Å². The van der Waals surface area contributed by atoms with E-state index < -0.39 is 30.1 Å². The number of hydrogen-bond acceptors (Lipinski definition) is 5. The van der Waals surface area contributed by atoms with E-state index in [2.05, 4.69) is 0 Å². The smallest absolute Gasteiger partial charge is 0.217 e. The van der Waals surface area contributed by atoms with Gasteiger partial charge in [0.05, 0.1) is 19.1 Å². The van der Waals surface area contributed by atoms with E-state index in [1.54, 1.807) is 0 Å². The van der Waals surface area contributed by atoms with Gasteiger partial charge in [0.25, 0.3) is 0 Å². The van der Waals surface area contributed by atoms with Crippen molar-refractivity contribution in [1.29, 1.82) is 0 Å². The normalized spacial score (nSPS) is 10.6. The number of halogens is 1. The minimum absolute atomic E-state index is 0.0872. The fraction of sp³-hybridized carbons (Fsp3) is 0.385. The fourth-order valence-electron chi connectivity index (χ4n) is 1.63. The summed E-state index contributed by atoms with van der Waals surface area (Å²) >= 11 is 0. The van der Waals surface area contributed by atoms with Crippen LogP contribution in [0.5, 0.6) is 5.75 Å². The number of ketones is 2. The van der Waals surface area contributed by atoms with E-state index in [-0.39, 0.29) is 11.3 Å². The van der Waals surface area contributed by atoms with E-state index in [4.69, 9.17) is 14.2 Å². The monoisotopic (exact) mass is 270 g/mol. The molecule has 6 heteroatoms. The first kappa shape index (κ1) is 15.3. The van der Waals surface area contributed by atoms with Gasteiger partial charge in [-0.3, -0.25) is 9.59 Å². The van der Waals surface area contributed by atoms with Gasteiger partial charge < -0.3 is 14.2 Å². The second kappa shape index (κ2) is 6.96. The van der Waals surface area contributed by atoms with Crippen LogP contribution in [0.15, 0.2) is 18.2 Å². The summed E-state index contributed by atoms with van der Waals surface area (Å²) in [5.41, 5.74) is -0.246. The van der Waals surface area contributed by atoms with Gasteiger partial charge in [-0.05, 0) is 12.1 Å². The van der Waals surface area contributed by atoms with Crippen LogP contribution in [0.25, 0.3) is 0 Å². The van der Waals surface area contributed by atoms with Gasteiger partial charge in [0, 0.05) is 14.2 Å². The van der Waals surface area contributed by atoms with E-state index in [1.807, 2.05) is 0 Å². The molecule has 5 nitrogen and oxygen atoms in total. The van der Waals surface area contributed by atoms with Crippen LogP contribution in [0.2, 0.25) is 0 Å². The van der Waals surface area contributed by atoms with Crippen LogP contribution in [0.4, 0.5) is 4.39 Å². The summed E-state index contributed by atoms with van der Waals surface area (Å²) in [6.07, 6.45) is -1.66. The first-order valence-corrected chi connectivity index (χ1v) is 5.49. The van der Waals surface area contributed by atoms with Crippen molar-refractivity contribution in [3.05, 3.63) is 29.6 Å². The predicted octanol–water partition coefficient (Wildman–Crippen LogP) is 1.60. The average Bonchev–Trinajstić information content (AvgIpc) is 2.39. The lowest BCUT2D eigenvalue weighted by atomic mass is 10.0. The van der Waals surface area contributed by atoms with E-state index in [1.165, 1.54) is 33.5 Å². The average molecular weight is 270 g/mol. The molecule has 0 aromatic heterocycles. The predicted molar refractivity (Wildman–Crippen MR) is 64.7 cm³/mol. The van der Waals surface area contributed by atoms with Crippen molar-refractivity contribution in [2.45, 2.75) is 12.7 Å². The molecule has 1 aromatic carbocycles. The molecule has 0 radical (unpaired) electrons. The molecule has 0 bridgehead atoms. The summed E-state index contributed by atoms with van der Waals surface area (Å²) in [5, 5.41) is 0. The summed E-state index contributed by atoms with van der Waals surface area (Å²) in [4.78, 5) is 23.6. The highest BCUT2D eigenvalue weighted by Crippen LogP contribution is 2.23. The largest absolute Gasteiger partial charge is 0.496 e. The Bertz CT molecular complexity index is 468. The van der Waals surface area contributed by atoms with E-state index in [0.717, 1.165) is 6.07 Å². The molecule has 104 valence electrons. The molecule has 1 rings (SSSR count). The molecule has 1 aromatic rings. The molecule has 0 spiro atoms. The maximum absolute atomic E-state index is 13.6. The summed E-state index contributed by atoms with van der Waals surface area (Å²) < 4.78 is 28.0. The third-order valence-electron chi connectivity index (χ3n) is 2.50. The molecule has 0 amide bonds. The highest BCUT2D eigenvalue weighted by molar-refractivity contribution is 6.10. The molecule has 0 saturated carbocycles. The van der Waals surface area contributed by atoms with E-state index in [9.17, 15) is 14.0 Å². The lowest BCUT2D eigenvalue weighted by Gasteiger charge is -2.12. The van der Waals surface area contributed by atoms with Gasteiger partial charge in [0.2, 0.25) is 6.29 Å². The Morgan fingerprint density at radius 2 is 1.84 bits per heavy atom. The topological polar surface area (TPSA) is 61.8 Å². The van der Waals surface area contributed by atoms with Gasteiger partial charge in [-0.1, -0.05) is 6.07 Å². The molecule has 0 heterocycles. The third-order valence-corrected chi connectivity index (χ3v) is 2.50. The lowest BCUT2D eigenvalue weighted by Crippen LogP contribution is -2.27. The van der Waals surface area contributed by atoms with Crippen molar-refractivity contribution >= 4 is 11.6 Å². The van der Waals surface area contributed by atoms with Crippen LogP contribution in [0.1, 0.15) is 16.8 Å². The van der Waals surface area contributed by atoms with Crippen LogP contribution in [0, 0.1) is 5.82 Å². The second-order valence-electron chi connectivity index (χ2n) is 3.69. The van der Waals surface area contributed by atoms with Crippen molar-refractivity contribution < 1.29 is 28.2 Å². The summed E-state index contributed by atoms with van der Waals surface area (Å²) in [5.74, 6) is -1.91. The van der Waals surface area contributed by atoms with Gasteiger partial charge in [0.1, 0.15) is 11.6 Å². The van der Waals surface area contributed by atoms with Gasteiger partial charge in [0.15, 0.2) is 11.6 Å². The van der Waals surface area contributed by atoms with Gasteiger partial charge in [-0.25, -0.2) is 4.39 Å². The Labute approximate surface area is 110 Å². The molecule has 0 aliphatic carbocycles. The molecule has 0 unspecified atom stereocenters. The van der Waals surface area contributed by atoms with Crippen LogP contribution >= 0.6 is 0 Å². The summed E-state index contributed by atoms with van der Waals surface area (Å²) in [6.45, 7) is 0. The van der Waals surface area contributed by atoms with Gasteiger partial charge >= 0.3 is 0 Å². The second-order valence-corrected chi connectivity index (χ2v) is 3.69. The molecular weight excluding hydrogens is 255 g/mol. The Morgan fingerprint density at radius 3 is 2.37 bits per heavy atom. The van der Waals surface area contributed by atoms with Crippen LogP contribution in [0.3, 0.4) is 0 Å². The summed E-state index contributed by atoms with van der Waals surface area (Å²) in [6, 6.07) is 4.00. The molecule has 19 heavy (non-hydrogen) atoms. The van der Waals surface area contributed by atoms with E-state index in [0.29, 0.717) is 0 Å². The van der Waals surface area contributed by atoms with Crippen molar-refractivity contribution in [3.63, 3.8) is 0 Å². The highest BCUT2D eigenvalue weighted by Gasteiger charge is 2.24. The number of rotatable bonds is 7. The maximum Gasteiger partial charge on any atom is 0.217 e. The molecule has 0 aliphatic heterocycles. The van der Waals surface area contributed by atoms with Crippen molar-refractivity contribution in [2.24, 2.45) is 0 Å². The fourth-order valence-corrected chi connectivity index (χ4v) is 1.63. The number of carbonyl (C=O) groups excluding carboxylic acids is 2. The SMILES string of the molecule is COc1cccc(F)c1C(=O)CC(=O)C(OC)OC. The van der Waals surface area contributed by atoms with Crippen molar-refractivity contribution in [1.82, 2.24) is 0 Å². The third kappa shape index (κ3) is 3.59. The van der Waals surface area contributed by atoms with Gasteiger partial charge in [-0.15, -0.1) is 0 Å². The van der Waals surface area contributed by atoms with E-state index >= 15 is 0 Å². The number of carbonyl (C=O) groups is 2. The zero-order valence-corrected chi connectivity index (χ0v) is 10.9. The number of benzene rings is 1. The minimum Gasteiger partial charge on any atom is -0.496 e. The van der Waals surface area contributed by atoms with Crippen molar-refractivity contribution in [2.75, 3.05) is 21.3 Å². The maximum atomic E-state index is 13.6. The number of Topliss-reactive ketones (excluding diaryl/α,β-unsaturated/α-hetero) is 2. The molecule has 0 N–H and O–H groups in total. The summed E-state index contributed by atoms with van der Waals surface area (Å²) in [7, 11) is 3.88.